The molecule has 1 N–H and O–H groups in total. The minimum absolute atomic E-state index is 0.0490. The lowest BCUT2D eigenvalue weighted by molar-refractivity contribution is -0.124. The molecular formula is C22H36N5O7PS. The third-order valence-corrected chi connectivity index (χ3v) is 9.87. The average Bonchev–Trinajstić information content (AvgIpc) is 3.25. The van der Waals surface area contributed by atoms with Crippen molar-refractivity contribution in [3.63, 3.8) is 0 Å². The fraction of sp³-hybridized carbons (Fsp3) is 0.773. The number of aromatic amines is 1. The van der Waals surface area contributed by atoms with E-state index in [1.165, 1.54) is 15.1 Å². The van der Waals surface area contributed by atoms with Gasteiger partial charge in [0.1, 0.15) is 18.3 Å². The van der Waals surface area contributed by atoms with E-state index >= 15 is 0 Å². The normalized spacial score (nSPS) is 27.3. The third kappa shape index (κ3) is 5.45. The maximum atomic E-state index is 12.9. The van der Waals surface area contributed by atoms with Crippen molar-refractivity contribution < 1.29 is 22.2 Å². The van der Waals surface area contributed by atoms with Crippen LogP contribution < -0.4 is 11.2 Å². The standard InChI is InChI=1S/C22H36N5O7PS/c1-9-22-13-26(36(8,30)31)17(20(33-22)25-12-16(6)19(28)24-21(25)29)18(22)34-35(32-11-10-23-7)27(14(2)3)15(4)5/h12,14-15,17-18,20H,9-11,13H2,1-6,8H3,(H,24,28,29)/t17-,18+,20-,22+,35?/m1/s1. The van der Waals surface area contributed by atoms with Gasteiger partial charge in [-0.15, -0.1) is 0 Å². The Balaban J connectivity index is 2.10. The van der Waals surface area contributed by atoms with E-state index in [0.29, 0.717) is 12.0 Å². The predicted molar refractivity (Wildman–Crippen MR) is 136 cm³/mol. The Morgan fingerprint density at radius 3 is 2.50 bits per heavy atom. The molecule has 1 unspecified atom stereocenters. The molecule has 3 heterocycles. The number of H-pyrrole nitrogens is 1. The zero-order valence-electron chi connectivity index (χ0n) is 21.8. The Bertz CT molecular complexity index is 1200. The number of fused-ring (bicyclic) bond motifs is 2. The van der Waals surface area contributed by atoms with Gasteiger partial charge in [0.25, 0.3) is 14.1 Å². The van der Waals surface area contributed by atoms with Gasteiger partial charge >= 0.3 is 5.69 Å². The first-order valence-corrected chi connectivity index (χ1v) is 14.9. The second-order valence-corrected chi connectivity index (χ2v) is 13.1. The molecule has 202 valence electrons. The lowest BCUT2D eigenvalue weighted by atomic mass is 9.96. The van der Waals surface area contributed by atoms with E-state index in [-0.39, 0.29) is 31.8 Å². The van der Waals surface area contributed by atoms with Crippen LogP contribution in [0.1, 0.15) is 52.8 Å². The molecule has 3 rings (SSSR count). The lowest BCUT2D eigenvalue weighted by Gasteiger charge is -2.38. The Kier molecular flexibility index (Phi) is 8.83. The number of rotatable bonds is 11. The Morgan fingerprint density at radius 2 is 1.97 bits per heavy atom. The monoisotopic (exact) mass is 545 g/mol. The van der Waals surface area contributed by atoms with E-state index in [1.807, 2.05) is 34.6 Å². The van der Waals surface area contributed by atoms with Gasteiger partial charge in [0.2, 0.25) is 16.6 Å². The summed E-state index contributed by atoms with van der Waals surface area (Å²) in [4.78, 5) is 30.4. The van der Waals surface area contributed by atoms with Crippen molar-refractivity contribution in [2.45, 2.75) is 84.0 Å². The first kappa shape index (κ1) is 28.9. The Labute approximate surface area is 213 Å². The molecule has 2 aliphatic rings. The minimum Gasteiger partial charge on any atom is -0.345 e. The predicted octanol–water partition coefficient (Wildman–Crippen LogP) is 1.83. The average molecular weight is 546 g/mol. The number of nitrogens with zero attached hydrogens (tertiary/aromatic N) is 4. The fourth-order valence-corrected chi connectivity index (χ4v) is 7.82. The molecule has 2 saturated heterocycles. The Morgan fingerprint density at radius 1 is 1.33 bits per heavy atom. The van der Waals surface area contributed by atoms with Crippen LogP contribution in [-0.4, -0.2) is 82.7 Å². The van der Waals surface area contributed by atoms with Gasteiger partial charge in [0.05, 0.1) is 12.3 Å². The summed E-state index contributed by atoms with van der Waals surface area (Å²) >= 11 is 0. The van der Waals surface area contributed by atoms with Gasteiger partial charge in [-0.05, 0) is 41.0 Å². The minimum atomic E-state index is -3.70. The van der Waals surface area contributed by atoms with Crippen molar-refractivity contribution in [3.05, 3.63) is 44.0 Å². The van der Waals surface area contributed by atoms with Gasteiger partial charge in [0, 0.05) is 30.4 Å². The number of sulfonamides is 1. The number of nitrogens with one attached hydrogen (secondary N) is 1. The molecular weight excluding hydrogens is 509 g/mol. The first-order valence-electron chi connectivity index (χ1n) is 12.0. The van der Waals surface area contributed by atoms with E-state index in [9.17, 15) is 18.0 Å². The van der Waals surface area contributed by atoms with Gasteiger partial charge in [0.15, 0.2) is 6.23 Å². The number of aryl methyl sites for hydroxylation is 1. The van der Waals surface area contributed by atoms with Crippen LogP contribution in [0.25, 0.3) is 4.85 Å². The lowest BCUT2D eigenvalue weighted by Crippen LogP contribution is -2.50. The van der Waals surface area contributed by atoms with E-state index in [2.05, 4.69) is 14.5 Å². The Hall–Kier alpha value is -1.65. The third-order valence-electron chi connectivity index (χ3n) is 6.53. The summed E-state index contributed by atoms with van der Waals surface area (Å²) < 4.78 is 49.5. The molecule has 12 nitrogen and oxygen atoms in total. The van der Waals surface area contributed by atoms with Crippen LogP contribution in [0.5, 0.6) is 0 Å². The van der Waals surface area contributed by atoms with Gasteiger partial charge in [-0.2, -0.15) is 4.31 Å². The van der Waals surface area contributed by atoms with E-state index < -0.39 is 53.8 Å². The fourth-order valence-electron chi connectivity index (χ4n) is 4.90. The molecule has 0 amide bonds. The van der Waals surface area contributed by atoms with Crippen molar-refractivity contribution in [3.8, 4) is 0 Å². The van der Waals surface area contributed by atoms with Gasteiger partial charge in [-0.1, -0.05) is 6.92 Å². The van der Waals surface area contributed by atoms with Crippen molar-refractivity contribution in [2.24, 2.45) is 0 Å². The molecule has 14 heteroatoms. The summed E-state index contributed by atoms with van der Waals surface area (Å²) in [7, 11) is -5.39. The van der Waals surface area contributed by atoms with Crippen molar-refractivity contribution in [2.75, 3.05) is 26.0 Å². The largest absolute Gasteiger partial charge is 0.345 e. The van der Waals surface area contributed by atoms with Crippen LogP contribution in [-0.2, 0) is 23.8 Å². The molecule has 1 aromatic rings. The highest BCUT2D eigenvalue weighted by molar-refractivity contribution is 7.88. The van der Waals surface area contributed by atoms with Crippen LogP contribution in [0, 0.1) is 13.5 Å². The molecule has 36 heavy (non-hydrogen) atoms. The molecule has 2 fully saturated rings. The highest BCUT2D eigenvalue weighted by atomic mass is 32.2. The molecule has 2 aliphatic heterocycles. The topological polar surface area (TPSA) is 128 Å². The molecule has 1 aromatic heterocycles. The van der Waals surface area contributed by atoms with Crippen molar-refractivity contribution in [1.29, 1.82) is 0 Å². The SMILES string of the molecule is [C-]#[N+]CCOP(O[C@H]1[C@@H]2[C@H](n3cc(C)c(=O)[nH]c3=O)O[C@@]1(CC)CN2S(C)(=O)=O)N(C(C)C)C(C)C. The molecule has 0 spiro atoms. The summed E-state index contributed by atoms with van der Waals surface area (Å²) in [5.41, 5.74) is -1.95. The highest BCUT2D eigenvalue weighted by Gasteiger charge is 2.67. The van der Waals surface area contributed by atoms with Crippen molar-refractivity contribution >= 4 is 18.5 Å². The number of hydrogen-bond acceptors (Lipinski definition) is 8. The zero-order chi connectivity index (χ0) is 27.0. The van der Waals surface area contributed by atoms with E-state index in [0.717, 1.165) is 6.26 Å². The maximum absolute atomic E-state index is 12.9. The summed E-state index contributed by atoms with van der Waals surface area (Å²) in [5, 5.41) is 0. The summed E-state index contributed by atoms with van der Waals surface area (Å²) in [6.07, 6.45) is 1.17. The highest BCUT2D eigenvalue weighted by Crippen LogP contribution is 2.57. The summed E-state index contributed by atoms with van der Waals surface area (Å²) in [5.74, 6) is 0. The smallest absolute Gasteiger partial charge is 0.330 e. The summed E-state index contributed by atoms with van der Waals surface area (Å²) in [6.45, 7) is 19.0. The zero-order valence-corrected chi connectivity index (χ0v) is 23.5. The second-order valence-electron chi connectivity index (χ2n) is 9.75. The van der Waals surface area contributed by atoms with Gasteiger partial charge in [-0.3, -0.25) is 14.3 Å². The van der Waals surface area contributed by atoms with Crippen LogP contribution in [0.15, 0.2) is 15.8 Å². The molecule has 2 bridgehead atoms. The number of hydrogen-bond donors (Lipinski definition) is 1. The van der Waals surface area contributed by atoms with Crippen LogP contribution in [0.2, 0.25) is 0 Å². The molecule has 0 aliphatic carbocycles. The van der Waals surface area contributed by atoms with E-state index in [1.54, 1.807) is 6.92 Å². The van der Waals surface area contributed by atoms with Gasteiger partial charge in [-0.25, -0.2) is 24.5 Å². The second kappa shape index (κ2) is 11.0. The molecule has 0 saturated carbocycles. The van der Waals surface area contributed by atoms with Gasteiger partial charge < -0.3 is 18.6 Å². The first-order chi connectivity index (χ1) is 16.8. The number of morpholine rings is 1. The van der Waals surface area contributed by atoms with Crippen LogP contribution in [0.3, 0.4) is 0 Å². The van der Waals surface area contributed by atoms with E-state index in [4.69, 9.17) is 20.4 Å². The molecule has 5 atom stereocenters. The maximum Gasteiger partial charge on any atom is 0.330 e. The number of aromatic nitrogens is 2. The number of ether oxygens (including phenoxy) is 1. The van der Waals surface area contributed by atoms with Crippen LogP contribution in [0.4, 0.5) is 0 Å². The summed E-state index contributed by atoms with van der Waals surface area (Å²) in [6, 6.07) is -0.764. The van der Waals surface area contributed by atoms with Crippen molar-refractivity contribution in [1.82, 2.24) is 18.5 Å². The quantitative estimate of drug-likeness (QED) is 0.254. The molecule has 0 radical (unpaired) electrons. The molecule has 0 aromatic carbocycles. The van der Waals surface area contributed by atoms with Crippen LogP contribution >= 0.6 is 8.53 Å².